The van der Waals surface area contributed by atoms with Gasteiger partial charge >= 0.3 is 0 Å². The minimum atomic E-state index is -0.496. The van der Waals surface area contributed by atoms with E-state index < -0.39 is 17.5 Å². The van der Waals surface area contributed by atoms with Crippen molar-refractivity contribution in [2.24, 2.45) is 0 Å². The highest BCUT2D eigenvalue weighted by atomic mass is 79.9. The molecule has 1 aliphatic heterocycles. The number of rotatable bonds is 10. The van der Waals surface area contributed by atoms with E-state index >= 15 is 4.39 Å². The van der Waals surface area contributed by atoms with Gasteiger partial charge in [0, 0.05) is 35.7 Å². The summed E-state index contributed by atoms with van der Waals surface area (Å²) in [4.78, 5) is 15.0. The average Bonchev–Trinajstić information content (AvgIpc) is 2.82. The lowest BCUT2D eigenvalue weighted by Crippen LogP contribution is -2.37. The monoisotopic (exact) mass is 538 g/mol. The van der Waals surface area contributed by atoms with Crippen LogP contribution in [0.5, 0.6) is 5.75 Å². The summed E-state index contributed by atoms with van der Waals surface area (Å²) in [5.41, 5.74) is 0.788. The van der Waals surface area contributed by atoms with Crippen LogP contribution in [0.2, 0.25) is 0 Å². The molecule has 9 heteroatoms. The number of morpholine rings is 1. The van der Waals surface area contributed by atoms with Crippen LogP contribution in [0.25, 0.3) is 0 Å². The first-order chi connectivity index (χ1) is 16.4. The van der Waals surface area contributed by atoms with Gasteiger partial charge in [0.05, 0.1) is 31.1 Å². The topological polar surface area (TPSA) is 60.0 Å². The molecular weight excluding hydrogens is 510 g/mol. The van der Waals surface area contributed by atoms with Crippen molar-refractivity contribution in [1.82, 2.24) is 5.32 Å². The van der Waals surface area contributed by atoms with Gasteiger partial charge in [0.1, 0.15) is 29.8 Å². The number of benzene rings is 2. The van der Waals surface area contributed by atoms with Crippen molar-refractivity contribution in [3.05, 3.63) is 69.4 Å². The summed E-state index contributed by atoms with van der Waals surface area (Å²) < 4.78 is 46.6. The normalized spacial score (nSPS) is 14.1. The molecule has 2 aromatic carbocycles. The van der Waals surface area contributed by atoms with E-state index in [1.165, 1.54) is 18.2 Å². The quantitative estimate of drug-likeness (QED) is 0.421. The van der Waals surface area contributed by atoms with Gasteiger partial charge in [0.2, 0.25) is 0 Å². The van der Waals surface area contributed by atoms with Crippen LogP contribution < -0.4 is 15.0 Å². The number of amides is 1. The molecule has 0 atom stereocenters. The molecule has 34 heavy (non-hydrogen) atoms. The third kappa shape index (κ3) is 6.93. The van der Waals surface area contributed by atoms with Gasteiger partial charge in [0.25, 0.3) is 5.91 Å². The zero-order valence-electron chi connectivity index (χ0n) is 19.3. The number of halogens is 3. The smallest absolute Gasteiger partial charge is 0.255 e. The highest BCUT2D eigenvalue weighted by Crippen LogP contribution is 2.30. The van der Waals surface area contributed by atoms with Crippen LogP contribution in [0.4, 0.5) is 14.5 Å². The Morgan fingerprint density at radius 2 is 1.94 bits per heavy atom. The van der Waals surface area contributed by atoms with Crippen molar-refractivity contribution in [2.45, 2.75) is 26.8 Å². The zero-order chi connectivity index (χ0) is 24.5. The fourth-order valence-corrected chi connectivity index (χ4v) is 3.88. The Hall–Kier alpha value is -2.65. The van der Waals surface area contributed by atoms with Crippen LogP contribution in [0.15, 0.2) is 46.6 Å². The summed E-state index contributed by atoms with van der Waals surface area (Å²) >= 11 is 3.22. The lowest BCUT2D eigenvalue weighted by atomic mass is 10.1. The molecule has 1 saturated heterocycles. The lowest BCUT2D eigenvalue weighted by molar-refractivity contribution is 0.0945. The highest BCUT2D eigenvalue weighted by molar-refractivity contribution is 9.10. The second-order valence-corrected chi connectivity index (χ2v) is 8.53. The second-order valence-electron chi connectivity index (χ2n) is 7.62. The van der Waals surface area contributed by atoms with E-state index in [9.17, 15) is 9.18 Å². The maximum absolute atomic E-state index is 15.0. The van der Waals surface area contributed by atoms with E-state index in [1.807, 2.05) is 24.8 Å². The van der Waals surface area contributed by atoms with Gasteiger partial charge in [-0.3, -0.25) is 4.79 Å². The molecule has 0 saturated carbocycles. The molecule has 1 heterocycles. The number of carbonyl (C=O) groups is 1. The summed E-state index contributed by atoms with van der Waals surface area (Å²) in [5, 5.41) is 2.72. The first kappa shape index (κ1) is 26.0. The molecule has 2 aromatic rings. The molecule has 0 unspecified atom stereocenters. The van der Waals surface area contributed by atoms with E-state index in [0.29, 0.717) is 54.4 Å². The van der Waals surface area contributed by atoms with E-state index in [0.717, 1.165) is 6.42 Å². The molecule has 0 aliphatic carbocycles. The number of hydrogen-bond donors (Lipinski definition) is 1. The molecule has 0 bridgehead atoms. The predicted molar refractivity (Wildman–Crippen MR) is 130 cm³/mol. The van der Waals surface area contributed by atoms with Crippen LogP contribution in [0.3, 0.4) is 0 Å². The van der Waals surface area contributed by atoms with E-state index in [1.54, 1.807) is 12.1 Å². The Kier molecular flexibility index (Phi) is 9.71. The number of allylic oxidation sites excluding steroid dienone is 1. The van der Waals surface area contributed by atoms with Crippen molar-refractivity contribution in [3.63, 3.8) is 0 Å². The van der Waals surface area contributed by atoms with Crippen molar-refractivity contribution < 1.29 is 27.8 Å². The molecule has 6 nitrogen and oxygen atoms in total. The molecule has 1 aliphatic rings. The van der Waals surface area contributed by atoms with Crippen LogP contribution >= 0.6 is 15.9 Å². The van der Waals surface area contributed by atoms with Crippen LogP contribution in [-0.2, 0) is 16.0 Å². The molecule has 1 fully saturated rings. The highest BCUT2D eigenvalue weighted by Gasteiger charge is 2.22. The number of hydrogen-bond acceptors (Lipinski definition) is 5. The Morgan fingerprint density at radius 3 is 2.62 bits per heavy atom. The molecular formula is C25H29BrF2N2O4. The molecule has 0 aromatic heterocycles. The molecule has 0 spiro atoms. The fourth-order valence-electron chi connectivity index (χ4n) is 3.54. The predicted octanol–water partition coefficient (Wildman–Crippen LogP) is 5.20. The molecule has 3 rings (SSSR count). The van der Waals surface area contributed by atoms with Crippen molar-refractivity contribution in [2.75, 3.05) is 44.4 Å². The molecule has 0 radical (unpaired) electrons. The van der Waals surface area contributed by atoms with Crippen molar-refractivity contribution in [3.8, 4) is 5.75 Å². The third-order valence-corrected chi connectivity index (χ3v) is 5.72. The van der Waals surface area contributed by atoms with Crippen LogP contribution in [0.1, 0.15) is 36.2 Å². The number of nitrogens with one attached hydrogen (secondary N) is 1. The van der Waals surface area contributed by atoms with E-state index in [4.69, 9.17) is 14.2 Å². The molecule has 1 N–H and O–H groups in total. The summed E-state index contributed by atoms with van der Waals surface area (Å²) in [6.07, 6.45) is 2.62. The zero-order valence-corrected chi connectivity index (χ0v) is 20.9. The Balaban J connectivity index is 1.86. The largest absolute Gasteiger partial charge is 0.495 e. The maximum Gasteiger partial charge on any atom is 0.255 e. The summed E-state index contributed by atoms with van der Waals surface area (Å²) in [7, 11) is 0. The Bertz CT molecular complexity index is 1030. The second kappa shape index (κ2) is 12.7. The third-order valence-electron chi connectivity index (χ3n) is 5.23. The van der Waals surface area contributed by atoms with E-state index in [2.05, 4.69) is 21.2 Å². The van der Waals surface area contributed by atoms with Gasteiger partial charge in [-0.15, -0.1) is 0 Å². The lowest BCUT2D eigenvalue weighted by Gasteiger charge is -2.29. The van der Waals surface area contributed by atoms with Gasteiger partial charge in [-0.05, 0) is 37.6 Å². The van der Waals surface area contributed by atoms with E-state index in [-0.39, 0.29) is 24.5 Å². The minimum absolute atomic E-state index is 0.0262. The summed E-state index contributed by atoms with van der Waals surface area (Å²) in [6, 6.07) is 7.32. The fraction of sp³-hybridized carbons (Fsp3) is 0.400. The number of anilines is 1. The van der Waals surface area contributed by atoms with Gasteiger partial charge in [-0.25, -0.2) is 8.78 Å². The van der Waals surface area contributed by atoms with Gasteiger partial charge < -0.3 is 24.4 Å². The van der Waals surface area contributed by atoms with Gasteiger partial charge in [-0.2, -0.15) is 0 Å². The SMILES string of the molecule is CC/C=C(\COc1cc(F)c(N2CCOCC2)cc1C(=O)NCc1ccc(Br)cc1F)OCC. The van der Waals surface area contributed by atoms with Gasteiger partial charge in [0.15, 0.2) is 0 Å². The van der Waals surface area contributed by atoms with Crippen LogP contribution in [0, 0.1) is 11.6 Å². The maximum atomic E-state index is 15.0. The summed E-state index contributed by atoms with van der Waals surface area (Å²) in [6.45, 7) is 6.29. The molecule has 184 valence electrons. The minimum Gasteiger partial charge on any atom is -0.495 e. The number of carbonyl (C=O) groups excluding carboxylic acids is 1. The Morgan fingerprint density at radius 1 is 1.18 bits per heavy atom. The summed E-state index contributed by atoms with van der Waals surface area (Å²) in [5.74, 6) is -0.740. The molecule has 1 amide bonds. The Labute approximate surface area is 207 Å². The first-order valence-corrected chi connectivity index (χ1v) is 12.0. The first-order valence-electron chi connectivity index (χ1n) is 11.3. The number of nitrogens with zero attached hydrogens (tertiary/aromatic N) is 1. The van der Waals surface area contributed by atoms with Crippen molar-refractivity contribution >= 4 is 27.5 Å². The van der Waals surface area contributed by atoms with Crippen molar-refractivity contribution in [1.29, 1.82) is 0 Å². The van der Waals surface area contributed by atoms with Gasteiger partial charge in [-0.1, -0.05) is 28.9 Å². The average molecular weight is 539 g/mol. The standard InChI is InChI=1S/C25H29BrF2N2O4/c1-3-5-19(33-4-2)16-34-24-14-22(28)23(30-8-10-32-11-9-30)13-20(24)25(31)29-15-17-6-7-18(26)12-21(17)27/h5-7,12-14H,3-4,8-11,15-16H2,1-2H3,(H,29,31)/b19-5+. The number of ether oxygens (including phenoxy) is 3. The van der Waals surface area contributed by atoms with Crippen LogP contribution in [-0.4, -0.2) is 45.4 Å².